The Morgan fingerprint density at radius 3 is 2.77 bits per heavy atom. The molecule has 9 nitrogen and oxygen atoms in total. The van der Waals surface area contributed by atoms with Crippen LogP contribution in [0.3, 0.4) is 0 Å². The summed E-state index contributed by atoms with van der Waals surface area (Å²) in [7, 11) is 0. The zero-order valence-corrected chi connectivity index (χ0v) is 17.3. The van der Waals surface area contributed by atoms with Gasteiger partial charge >= 0.3 is 0 Å². The number of pyridine rings is 1. The van der Waals surface area contributed by atoms with E-state index in [0.717, 1.165) is 62.2 Å². The van der Waals surface area contributed by atoms with Crippen molar-refractivity contribution >= 4 is 34.4 Å². The van der Waals surface area contributed by atoms with Crippen molar-refractivity contribution in [2.24, 2.45) is 0 Å². The quantitative estimate of drug-likeness (QED) is 0.600. The van der Waals surface area contributed by atoms with Crippen LogP contribution in [0.25, 0.3) is 11.0 Å². The average molecular weight is 419 g/mol. The third kappa shape index (κ3) is 3.29. The lowest BCUT2D eigenvalue weighted by Gasteiger charge is -2.38. The third-order valence-corrected chi connectivity index (χ3v) is 6.66. The Kier molecular flexibility index (Phi) is 4.48. The van der Waals surface area contributed by atoms with Gasteiger partial charge in [0.1, 0.15) is 17.2 Å². The lowest BCUT2D eigenvalue weighted by atomic mass is 9.88. The van der Waals surface area contributed by atoms with E-state index in [2.05, 4.69) is 41.5 Å². The average Bonchev–Trinajstić information content (AvgIpc) is 3.20. The van der Waals surface area contributed by atoms with Gasteiger partial charge in [0.15, 0.2) is 0 Å². The van der Waals surface area contributed by atoms with E-state index < -0.39 is 0 Å². The van der Waals surface area contributed by atoms with Gasteiger partial charge in [0.25, 0.3) is 5.91 Å². The van der Waals surface area contributed by atoms with Gasteiger partial charge in [0.2, 0.25) is 5.95 Å². The number of rotatable bonds is 3. The molecule has 1 aliphatic carbocycles. The summed E-state index contributed by atoms with van der Waals surface area (Å²) in [6, 6.07) is 6.39. The van der Waals surface area contributed by atoms with Crippen LogP contribution in [-0.4, -0.2) is 57.6 Å². The SMILES string of the molecule is O=C1N[C@@H]2CCCC[C@H]2n2c1cc1cnc(Nc3ccc(N4CCNCC4)cn3)nc12. The van der Waals surface area contributed by atoms with E-state index in [1.807, 2.05) is 18.3 Å². The molecule has 0 bridgehead atoms. The van der Waals surface area contributed by atoms with Crippen molar-refractivity contribution in [1.82, 2.24) is 30.2 Å². The van der Waals surface area contributed by atoms with E-state index in [9.17, 15) is 4.79 Å². The van der Waals surface area contributed by atoms with Gasteiger partial charge in [-0.1, -0.05) is 12.8 Å². The van der Waals surface area contributed by atoms with Gasteiger partial charge < -0.3 is 25.4 Å². The van der Waals surface area contributed by atoms with Crippen molar-refractivity contribution in [3.05, 3.63) is 36.3 Å². The summed E-state index contributed by atoms with van der Waals surface area (Å²) in [5.74, 6) is 1.19. The molecule has 160 valence electrons. The number of carbonyl (C=O) groups is 1. The number of amides is 1. The standard InChI is InChI=1S/C22H26N8O/c31-21-18-11-14-12-25-22(28-20(14)30(18)17-4-2-1-3-16(17)26-21)27-19-6-5-15(13-24-19)29-9-7-23-8-10-29/h5-6,11-13,16-17,23H,1-4,7-10H2,(H,26,31)(H,24,25,27,28)/t16-,17-/m1/s1. The van der Waals surface area contributed by atoms with Gasteiger partial charge in [-0.05, 0) is 31.0 Å². The summed E-state index contributed by atoms with van der Waals surface area (Å²) >= 11 is 0. The maximum absolute atomic E-state index is 12.6. The molecule has 3 aliphatic rings. The van der Waals surface area contributed by atoms with E-state index in [1.165, 1.54) is 6.42 Å². The molecular weight excluding hydrogens is 392 g/mol. The normalized spacial score (nSPS) is 23.2. The molecule has 1 saturated heterocycles. The first-order chi connectivity index (χ1) is 15.3. The van der Waals surface area contributed by atoms with Gasteiger partial charge in [-0.25, -0.2) is 9.97 Å². The fraction of sp³-hybridized carbons (Fsp3) is 0.455. The second kappa shape index (κ2) is 7.49. The van der Waals surface area contributed by atoms with Crippen molar-refractivity contribution in [2.75, 3.05) is 36.4 Å². The minimum atomic E-state index is -0.0131. The topological polar surface area (TPSA) is 100 Å². The van der Waals surface area contributed by atoms with Crippen LogP contribution >= 0.6 is 0 Å². The minimum absolute atomic E-state index is 0.0131. The largest absolute Gasteiger partial charge is 0.368 e. The summed E-state index contributed by atoms with van der Waals surface area (Å²) in [5.41, 5.74) is 2.62. The highest BCUT2D eigenvalue weighted by molar-refractivity contribution is 5.99. The Balaban J connectivity index is 1.29. The molecule has 2 aliphatic heterocycles. The molecule has 2 fully saturated rings. The molecular formula is C22H26N8O. The highest BCUT2D eigenvalue weighted by Crippen LogP contribution is 2.36. The second-order valence-electron chi connectivity index (χ2n) is 8.57. The maximum atomic E-state index is 12.6. The van der Waals surface area contributed by atoms with Gasteiger partial charge in [-0.15, -0.1) is 0 Å². The molecule has 3 aromatic rings. The van der Waals surface area contributed by atoms with E-state index >= 15 is 0 Å². The molecule has 1 saturated carbocycles. The van der Waals surface area contributed by atoms with Crippen LogP contribution in [0.4, 0.5) is 17.5 Å². The predicted octanol–water partition coefficient (Wildman–Crippen LogP) is 2.21. The van der Waals surface area contributed by atoms with Crippen molar-refractivity contribution in [3.63, 3.8) is 0 Å². The lowest BCUT2D eigenvalue weighted by Crippen LogP contribution is -2.48. The fourth-order valence-electron chi connectivity index (χ4n) is 5.09. The predicted molar refractivity (Wildman–Crippen MR) is 119 cm³/mol. The van der Waals surface area contributed by atoms with Crippen LogP contribution in [0.15, 0.2) is 30.6 Å². The van der Waals surface area contributed by atoms with Gasteiger partial charge in [0, 0.05) is 43.8 Å². The van der Waals surface area contributed by atoms with Gasteiger partial charge in [-0.2, -0.15) is 4.98 Å². The summed E-state index contributed by atoms with van der Waals surface area (Å²) < 4.78 is 2.13. The molecule has 1 amide bonds. The number of fused-ring (bicyclic) bond motifs is 5. The Labute approximate surface area is 180 Å². The molecule has 9 heteroatoms. The fourth-order valence-corrected chi connectivity index (χ4v) is 5.09. The van der Waals surface area contributed by atoms with Crippen LogP contribution in [0.5, 0.6) is 0 Å². The van der Waals surface area contributed by atoms with E-state index in [-0.39, 0.29) is 18.0 Å². The van der Waals surface area contributed by atoms with E-state index in [4.69, 9.17) is 4.98 Å². The monoisotopic (exact) mass is 418 g/mol. The minimum Gasteiger partial charge on any atom is -0.368 e. The van der Waals surface area contributed by atoms with Crippen LogP contribution in [0.1, 0.15) is 42.2 Å². The van der Waals surface area contributed by atoms with Crippen LogP contribution in [-0.2, 0) is 0 Å². The first kappa shape index (κ1) is 18.6. The molecule has 0 aromatic carbocycles. The number of hydrogen-bond acceptors (Lipinski definition) is 7. The molecule has 3 N–H and O–H groups in total. The number of anilines is 3. The molecule has 0 radical (unpaired) electrons. The zero-order chi connectivity index (χ0) is 20.8. The van der Waals surface area contributed by atoms with Crippen LogP contribution < -0.4 is 20.9 Å². The zero-order valence-electron chi connectivity index (χ0n) is 17.3. The van der Waals surface area contributed by atoms with Crippen molar-refractivity contribution in [2.45, 2.75) is 37.8 Å². The molecule has 6 rings (SSSR count). The first-order valence-electron chi connectivity index (χ1n) is 11.1. The molecule has 31 heavy (non-hydrogen) atoms. The Hall–Kier alpha value is -3.20. The van der Waals surface area contributed by atoms with Crippen molar-refractivity contribution in [3.8, 4) is 0 Å². The molecule has 0 spiro atoms. The van der Waals surface area contributed by atoms with Gasteiger partial charge in [-0.3, -0.25) is 4.79 Å². The van der Waals surface area contributed by atoms with Crippen LogP contribution in [0, 0.1) is 0 Å². The van der Waals surface area contributed by atoms with Crippen molar-refractivity contribution in [1.29, 1.82) is 0 Å². The Morgan fingerprint density at radius 2 is 1.94 bits per heavy atom. The summed E-state index contributed by atoms with van der Waals surface area (Å²) in [6.07, 6.45) is 8.10. The molecule has 5 heterocycles. The summed E-state index contributed by atoms with van der Waals surface area (Å²) in [5, 5.41) is 10.7. The molecule has 0 unspecified atom stereocenters. The van der Waals surface area contributed by atoms with Crippen LogP contribution in [0.2, 0.25) is 0 Å². The first-order valence-corrected chi connectivity index (χ1v) is 11.1. The Bertz CT molecular complexity index is 1120. The number of nitrogens with zero attached hydrogens (tertiary/aromatic N) is 5. The molecule has 3 aromatic heterocycles. The second-order valence-corrected chi connectivity index (χ2v) is 8.57. The molecule has 2 atom stereocenters. The smallest absolute Gasteiger partial charge is 0.268 e. The summed E-state index contributed by atoms with van der Waals surface area (Å²) in [6.45, 7) is 3.97. The van der Waals surface area contributed by atoms with Crippen molar-refractivity contribution < 1.29 is 4.79 Å². The highest BCUT2D eigenvalue weighted by atomic mass is 16.2. The number of piperazine rings is 1. The maximum Gasteiger partial charge on any atom is 0.268 e. The third-order valence-electron chi connectivity index (χ3n) is 6.66. The number of nitrogens with one attached hydrogen (secondary N) is 3. The van der Waals surface area contributed by atoms with E-state index in [1.54, 1.807) is 6.20 Å². The highest BCUT2D eigenvalue weighted by Gasteiger charge is 2.36. The number of carbonyl (C=O) groups excluding carboxylic acids is 1. The summed E-state index contributed by atoms with van der Waals surface area (Å²) in [4.78, 5) is 28.8. The Morgan fingerprint density at radius 1 is 1.06 bits per heavy atom. The number of aromatic nitrogens is 4. The lowest BCUT2D eigenvalue weighted by molar-refractivity contribution is 0.0855. The van der Waals surface area contributed by atoms with E-state index in [0.29, 0.717) is 17.5 Å². The van der Waals surface area contributed by atoms with Gasteiger partial charge in [0.05, 0.1) is 17.9 Å². The number of hydrogen-bond donors (Lipinski definition) is 3.